The van der Waals surface area contributed by atoms with Crippen LogP contribution in [0.3, 0.4) is 0 Å². The van der Waals surface area contributed by atoms with Crippen molar-refractivity contribution in [2.45, 2.75) is 38.6 Å². The summed E-state index contributed by atoms with van der Waals surface area (Å²) in [6.07, 6.45) is 4.15. The number of carbonyl (C=O) groups excluding carboxylic acids is 2. The monoisotopic (exact) mass is 213 g/mol. The second-order valence-electron chi connectivity index (χ2n) is 4.00. The Balaban J connectivity index is 2.53. The molecule has 0 aromatic rings. The molecule has 4 nitrogen and oxygen atoms in total. The first-order valence-corrected chi connectivity index (χ1v) is 5.51. The molecule has 2 unspecified atom stereocenters. The number of methoxy groups -OCH3 is 1. The van der Waals surface area contributed by atoms with Crippen molar-refractivity contribution in [3.63, 3.8) is 0 Å². The Labute approximate surface area is 90.4 Å². The third-order valence-electron chi connectivity index (χ3n) is 2.89. The number of Topliss-reactive ketones (excluding diaryl/α,β-unsaturated/α-hetero) is 1. The Morgan fingerprint density at radius 3 is 2.73 bits per heavy atom. The molecule has 0 radical (unpaired) electrons. The number of esters is 1. The van der Waals surface area contributed by atoms with Crippen LogP contribution < -0.4 is 5.32 Å². The first-order chi connectivity index (χ1) is 7.16. The van der Waals surface area contributed by atoms with Crippen LogP contribution in [0.15, 0.2) is 0 Å². The Morgan fingerprint density at radius 2 is 2.07 bits per heavy atom. The predicted octanol–water partition coefficient (Wildman–Crippen LogP) is 0.897. The van der Waals surface area contributed by atoms with Crippen molar-refractivity contribution in [1.82, 2.24) is 5.32 Å². The second-order valence-corrected chi connectivity index (χ2v) is 4.00. The van der Waals surface area contributed by atoms with Gasteiger partial charge in [0, 0.05) is 0 Å². The van der Waals surface area contributed by atoms with Crippen molar-refractivity contribution in [3.05, 3.63) is 0 Å². The fraction of sp³-hybridized carbons (Fsp3) is 0.818. The van der Waals surface area contributed by atoms with E-state index in [4.69, 9.17) is 0 Å². The van der Waals surface area contributed by atoms with Gasteiger partial charge in [-0.15, -0.1) is 0 Å². The van der Waals surface area contributed by atoms with E-state index in [1.54, 1.807) is 6.92 Å². The topological polar surface area (TPSA) is 55.4 Å². The normalized spacial score (nSPS) is 24.0. The molecule has 2 atom stereocenters. The van der Waals surface area contributed by atoms with Gasteiger partial charge in [0.05, 0.1) is 13.2 Å². The molecule has 1 N–H and O–H groups in total. The van der Waals surface area contributed by atoms with Crippen molar-refractivity contribution in [2.24, 2.45) is 5.92 Å². The molecule has 86 valence electrons. The van der Waals surface area contributed by atoms with E-state index in [9.17, 15) is 9.59 Å². The summed E-state index contributed by atoms with van der Waals surface area (Å²) in [6, 6.07) is -0.165. The van der Waals surface area contributed by atoms with Gasteiger partial charge in [0.2, 0.25) is 0 Å². The minimum atomic E-state index is -0.648. The van der Waals surface area contributed by atoms with Crippen LogP contribution in [0, 0.1) is 5.92 Å². The first-order valence-electron chi connectivity index (χ1n) is 5.51. The highest BCUT2D eigenvalue weighted by atomic mass is 16.5. The summed E-state index contributed by atoms with van der Waals surface area (Å²) in [5, 5.41) is 3.18. The Hall–Kier alpha value is -0.900. The smallest absolute Gasteiger partial charge is 0.315 e. The summed E-state index contributed by atoms with van der Waals surface area (Å²) in [5.74, 6) is -1.12. The molecule has 0 aromatic carbocycles. The highest BCUT2D eigenvalue weighted by Gasteiger charge is 2.29. The zero-order valence-electron chi connectivity index (χ0n) is 9.41. The molecular weight excluding hydrogens is 194 g/mol. The molecule has 1 heterocycles. The van der Waals surface area contributed by atoms with Crippen LogP contribution in [0.2, 0.25) is 0 Å². The maximum Gasteiger partial charge on any atom is 0.315 e. The summed E-state index contributed by atoms with van der Waals surface area (Å²) in [7, 11) is 1.31. The summed E-state index contributed by atoms with van der Waals surface area (Å²) in [6.45, 7) is 2.48. The number of ketones is 1. The minimum Gasteiger partial charge on any atom is -0.468 e. The van der Waals surface area contributed by atoms with Gasteiger partial charge in [0.25, 0.3) is 0 Å². The van der Waals surface area contributed by atoms with Gasteiger partial charge in [0.1, 0.15) is 5.92 Å². The van der Waals surface area contributed by atoms with Crippen molar-refractivity contribution < 1.29 is 14.3 Å². The largest absolute Gasteiger partial charge is 0.468 e. The molecule has 0 saturated carbocycles. The van der Waals surface area contributed by atoms with Gasteiger partial charge >= 0.3 is 5.97 Å². The predicted molar refractivity (Wildman–Crippen MR) is 56.4 cm³/mol. The van der Waals surface area contributed by atoms with Gasteiger partial charge in [-0.1, -0.05) is 12.8 Å². The molecule has 1 rings (SSSR count). The minimum absolute atomic E-state index is 0.0382. The van der Waals surface area contributed by atoms with E-state index in [1.807, 2.05) is 0 Å². The number of ether oxygens (including phenoxy) is 1. The van der Waals surface area contributed by atoms with Crippen molar-refractivity contribution >= 4 is 11.8 Å². The summed E-state index contributed by atoms with van der Waals surface area (Å²) >= 11 is 0. The molecule has 0 spiro atoms. The summed E-state index contributed by atoms with van der Waals surface area (Å²) < 4.78 is 4.57. The van der Waals surface area contributed by atoms with Crippen LogP contribution in [-0.4, -0.2) is 31.4 Å². The molecule has 1 aliphatic rings. The van der Waals surface area contributed by atoms with Crippen LogP contribution in [0.1, 0.15) is 32.6 Å². The molecule has 15 heavy (non-hydrogen) atoms. The maximum absolute atomic E-state index is 11.9. The van der Waals surface area contributed by atoms with Crippen LogP contribution in [-0.2, 0) is 14.3 Å². The lowest BCUT2D eigenvalue weighted by molar-refractivity contribution is -0.149. The van der Waals surface area contributed by atoms with Crippen LogP contribution in [0.25, 0.3) is 0 Å². The quantitative estimate of drug-likeness (QED) is 0.559. The third-order valence-corrected chi connectivity index (χ3v) is 2.89. The van der Waals surface area contributed by atoms with Crippen molar-refractivity contribution in [1.29, 1.82) is 0 Å². The molecule has 1 aliphatic heterocycles. The zero-order chi connectivity index (χ0) is 11.3. The molecule has 0 amide bonds. The SMILES string of the molecule is COC(=O)C(C)C(=O)C1CCCCCN1. The lowest BCUT2D eigenvalue weighted by Gasteiger charge is -2.17. The maximum atomic E-state index is 11.9. The van der Waals surface area contributed by atoms with Gasteiger partial charge in [-0.3, -0.25) is 9.59 Å². The van der Waals surface area contributed by atoms with Crippen LogP contribution in [0.4, 0.5) is 0 Å². The average molecular weight is 213 g/mol. The standard InChI is InChI=1S/C11H19NO3/c1-8(11(14)15-2)10(13)9-6-4-3-5-7-12-9/h8-9,12H,3-7H2,1-2H3. The van der Waals surface area contributed by atoms with Gasteiger partial charge < -0.3 is 10.1 Å². The van der Waals surface area contributed by atoms with E-state index in [1.165, 1.54) is 7.11 Å². The van der Waals surface area contributed by atoms with Gasteiger partial charge in [-0.25, -0.2) is 0 Å². The fourth-order valence-corrected chi connectivity index (χ4v) is 1.87. The van der Waals surface area contributed by atoms with Crippen molar-refractivity contribution in [2.75, 3.05) is 13.7 Å². The van der Waals surface area contributed by atoms with Crippen molar-refractivity contribution in [3.8, 4) is 0 Å². The Kier molecular flexibility index (Phi) is 4.75. The first kappa shape index (κ1) is 12.2. The highest BCUT2D eigenvalue weighted by Crippen LogP contribution is 2.13. The molecular formula is C11H19NO3. The number of carbonyl (C=O) groups is 2. The number of rotatable bonds is 3. The average Bonchev–Trinajstić information content (AvgIpc) is 2.54. The third kappa shape index (κ3) is 3.30. The lowest BCUT2D eigenvalue weighted by Crippen LogP contribution is -2.41. The molecule has 0 bridgehead atoms. The van der Waals surface area contributed by atoms with Gasteiger partial charge in [-0.2, -0.15) is 0 Å². The van der Waals surface area contributed by atoms with E-state index in [-0.39, 0.29) is 11.8 Å². The van der Waals surface area contributed by atoms with E-state index < -0.39 is 11.9 Å². The number of nitrogens with one attached hydrogen (secondary N) is 1. The lowest BCUT2D eigenvalue weighted by atomic mass is 9.97. The van der Waals surface area contributed by atoms with E-state index in [0.29, 0.717) is 0 Å². The van der Waals surface area contributed by atoms with Gasteiger partial charge in [0.15, 0.2) is 5.78 Å². The Morgan fingerprint density at radius 1 is 1.33 bits per heavy atom. The van der Waals surface area contributed by atoms with Crippen LogP contribution >= 0.6 is 0 Å². The van der Waals surface area contributed by atoms with Gasteiger partial charge in [-0.05, 0) is 26.3 Å². The Bertz CT molecular complexity index is 232. The molecule has 0 aliphatic carbocycles. The molecule has 0 aromatic heterocycles. The van der Waals surface area contributed by atoms with E-state index >= 15 is 0 Å². The number of hydrogen-bond donors (Lipinski definition) is 1. The summed E-state index contributed by atoms with van der Waals surface area (Å²) in [5.41, 5.74) is 0. The molecule has 4 heteroatoms. The zero-order valence-corrected chi connectivity index (χ0v) is 9.41. The second kappa shape index (κ2) is 5.85. The fourth-order valence-electron chi connectivity index (χ4n) is 1.87. The highest BCUT2D eigenvalue weighted by molar-refractivity contribution is 6.01. The molecule has 1 fully saturated rings. The summed E-state index contributed by atoms with van der Waals surface area (Å²) in [4.78, 5) is 23.1. The van der Waals surface area contributed by atoms with Crippen LogP contribution in [0.5, 0.6) is 0 Å². The van der Waals surface area contributed by atoms with E-state index in [0.717, 1.165) is 32.2 Å². The molecule has 1 saturated heterocycles. The number of hydrogen-bond acceptors (Lipinski definition) is 4. The van der Waals surface area contributed by atoms with E-state index in [2.05, 4.69) is 10.1 Å².